The van der Waals surface area contributed by atoms with E-state index in [4.69, 9.17) is 5.84 Å². The van der Waals surface area contributed by atoms with Crippen LogP contribution in [0.4, 0.5) is 0 Å². The average Bonchev–Trinajstić information content (AvgIpc) is 2.96. The maximum absolute atomic E-state index is 12.7. The number of nitrogens with one attached hydrogen (secondary N) is 1. The minimum atomic E-state index is -0.322. The summed E-state index contributed by atoms with van der Waals surface area (Å²) < 4.78 is 1.48. The van der Waals surface area contributed by atoms with Gasteiger partial charge in [0.05, 0.1) is 11.3 Å². The molecule has 6 nitrogen and oxygen atoms in total. The molecule has 0 aliphatic rings. The van der Waals surface area contributed by atoms with Crippen LogP contribution in [0.25, 0.3) is 0 Å². The molecule has 0 bridgehead atoms. The summed E-state index contributed by atoms with van der Waals surface area (Å²) in [5, 5.41) is 11.7. The molecular formula is C19H29N5OS. The van der Waals surface area contributed by atoms with Gasteiger partial charge in [0, 0.05) is 5.41 Å². The molecule has 0 aliphatic heterocycles. The Labute approximate surface area is 159 Å². The summed E-state index contributed by atoms with van der Waals surface area (Å²) >= 11 is 1.32. The van der Waals surface area contributed by atoms with Crippen molar-refractivity contribution in [2.75, 3.05) is 5.84 Å². The van der Waals surface area contributed by atoms with Crippen molar-refractivity contribution in [1.82, 2.24) is 20.2 Å². The molecule has 2 atom stereocenters. The minimum Gasteiger partial charge on any atom is -0.348 e. The quantitative estimate of drug-likeness (QED) is 0.572. The molecule has 0 saturated carbocycles. The standard InChI is InChI=1S/C19H29N5OS/c1-6-10-15(14-11-8-7-9-12-14)21-16(25)13(2)26-18-23-22-17(24(18)20)19(3,4)5/h7-9,11-13,15H,6,10,20H2,1-5H3,(H,21,25). The predicted molar refractivity (Wildman–Crippen MR) is 106 cm³/mol. The van der Waals surface area contributed by atoms with Gasteiger partial charge in [0.15, 0.2) is 5.82 Å². The smallest absolute Gasteiger partial charge is 0.233 e. The number of amides is 1. The number of nitrogens with two attached hydrogens (primary N) is 1. The Morgan fingerprint density at radius 3 is 2.46 bits per heavy atom. The largest absolute Gasteiger partial charge is 0.348 e. The maximum Gasteiger partial charge on any atom is 0.233 e. The van der Waals surface area contributed by atoms with Crippen LogP contribution in [0, 0.1) is 0 Å². The maximum atomic E-state index is 12.7. The van der Waals surface area contributed by atoms with E-state index in [2.05, 4.69) is 22.4 Å². The fourth-order valence-electron chi connectivity index (χ4n) is 2.67. The van der Waals surface area contributed by atoms with E-state index in [0.29, 0.717) is 11.0 Å². The zero-order valence-electron chi connectivity index (χ0n) is 16.2. The molecule has 0 saturated heterocycles. The minimum absolute atomic E-state index is 0.0117. The molecule has 2 rings (SSSR count). The van der Waals surface area contributed by atoms with E-state index < -0.39 is 0 Å². The van der Waals surface area contributed by atoms with Crippen molar-refractivity contribution >= 4 is 17.7 Å². The zero-order valence-corrected chi connectivity index (χ0v) is 17.0. The molecule has 7 heteroatoms. The summed E-state index contributed by atoms with van der Waals surface area (Å²) in [4.78, 5) is 12.7. The normalized spacial score (nSPS) is 14.0. The molecule has 1 heterocycles. The van der Waals surface area contributed by atoms with Gasteiger partial charge >= 0.3 is 0 Å². The second-order valence-electron chi connectivity index (χ2n) is 7.45. The third-order valence-corrected chi connectivity index (χ3v) is 5.14. The fraction of sp³-hybridized carbons (Fsp3) is 0.526. The number of nitrogen functional groups attached to an aromatic ring is 1. The van der Waals surface area contributed by atoms with E-state index in [1.807, 2.05) is 58.0 Å². The molecule has 0 spiro atoms. The van der Waals surface area contributed by atoms with E-state index in [9.17, 15) is 4.79 Å². The van der Waals surface area contributed by atoms with E-state index in [-0.39, 0.29) is 22.6 Å². The average molecular weight is 376 g/mol. The fourth-order valence-corrected chi connectivity index (χ4v) is 3.44. The first-order chi connectivity index (χ1) is 12.2. The van der Waals surface area contributed by atoms with Crippen molar-refractivity contribution in [3.8, 4) is 0 Å². The molecule has 0 fully saturated rings. The number of thioether (sulfide) groups is 1. The lowest BCUT2D eigenvalue weighted by Gasteiger charge is -2.21. The number of benzene rings is 1. The van der Waals surface area contributed by atoms with Crippen LogP contribution in [0.3, 0.4) is 0 Å². The third-order valence-electron chi connectivity index (χ3n) is 4.08. The Balaban J connectivity index is 2.06. The van der Waals surface area contributed by atoms with Gasteiger partial charge in [-0.15, -0.1) is 10.2 Å². The van der Waals surface area contributed by atoms with Gasteiger partial charge < -0.3 is 11.2 Å². The first-order valence-corrected chi connectivity index (χ1v) is 9.85. The first-order valence-electron chi connectivity index (χ1n) is 8.97. The summed E-state index contributed by atoms with van der Waals surface area (Å²) in [5.41, 5.74) is 0.919. The highest BCUT2D eigenvalue weighted by Crippen LogP contribution is 2.26. The number of carbonyl (C=O) groups excluding carboxylic acids is 1. The van der Waals surface area contributed by atoms with Crippen molar-refractivity contribution in [2.24, 2.45) is 0 Å². The summed E-state index contributed by atoms with van der Waals surface area (Å²) in [6.07, 6.45) is 1.89. The first kappa shape index (κ1) is 20.3. The second-order valence-corrected chi connectivity index (χ2v) is 8.75. The van der Waals surface area contributed by atoms with Crippen LogP contribution in [0.15, 0.2) is 35.5 Å². The topological polar surface area (TPSA) is 85.8 Å². The molecular weight excluding hydrogens is 346 g/mol. The molecule has 1 aromatic heterocycles. The summed E-state index contributed by atoms with van der Waals surface area (Å²) in [7, 11) is 0. The lowest BCUT2D eigenvalue weighted by molar-refractivity contribution is -0.121. The third kappa shape index (κ3) is 5.00. The van der Waals surface area contributed by atoms with Gasteiger partial charge in [-0.25, -0.2) is 4.68 Å². The molecule has 2 unspecified atom stereocenters. The van der Waals surface area contributed by atoms with Crippen LogP contribution >= 0.6 is 11.8 Å². The lowest BCUT2D eigenvalue weighted by Crippen LogP contribution is -2.34. The van der Waals surface area contributed by atoms with Crippen LogP contribution < -0.4 is 11.2 Å². The van der Waals surface area contributed by atoms with Crippen molar-refractivity contribution in [3.63, 3.8) is 0 Å². The highest BCUT2D eigenvalue weighted by molar-refractivity contribution is 8.00. The van der Waals surface area contributed by atoms with E-state index in [0.717, 1.165) is 18.4 Å². The highest BCUT2D eigenvalue weighted by atomic mass is 32.2. The number of rotatable bonds is 7. The van der Waals surface area contributed by atoms with Gasteiger partial charge in [-0.05, 0) is 18.9 Å². The van der Waals surface area contributed by atoms with Gasteiger partial charge in [0.2, 0.25) is 11.1 Å². The van der Waals surface area contributed by atoms with Crippen molar-refractivity contribution in [1.29, 1.82) is 0 Å². The predicted octanol–water partition coefficient (Wildman–Crippen LogP) is 3.43. The van der Waals surface area contributed by atoms with Gasteiger partial charge in [0.25, 0.3) is 0 Å². The lowest BCUT2D eigenvalue weighted by atomic mass is 9.96. The van der Waals surface area contributed by atoms with Crippen molar-refractivity contribution in [2.45, 2.75) is 69.3 Å². The zero-order chi connectivity index (χ0) is 19.3. The van der Waals surface area contributed by atoms with Crippen LogP contribution in [0.2, 0.25) is 0 Å². The summed E-state index contributed by atoms with van der Waals surface area (Å²) in [6, 6.07) is 10.1. The molecule has 142 valence electrons. The number of aromatic nitrogens is 3. The Hall–Kier alpha value is -2.02. The summed E-state index contributed by atoms with van der Waals surface area (Å²) in [5.74, 6) is 6.78. The highest BCUT2D eigenvalue weighted by Gasteiger charge is 2.26. The number of hydrogen-bond acceptors (Lipinski definition) is 5. The molecule has 0 radical (unpaired) electrons. The monoisotopic (exact) mass is 375 g/mol. The second kappa shape index (κ2) is 8.58. The molecule has 1 aromatic carbocycles. The van der Waals surface area contributed by atoms with Crippen LogP contribution in [-0.4, -0.2) is 26.0 Å². The number of carbonyl (C=O) groups is 1. The molecule has 0 aliphatic carbocycles. The molecule has 2 aromatic rings. The number of nitrogens with zero attached hydrogens (tertiary/aromatic N) is 3. The van der Waals surface area contributed by atoms with E-state index >= 15 is 0 Å². The van der Waals surface area contributed by atoms with Crippen LogP contribution in [-0.2, 0) is 10.2 Å². The van der Waals surface area contributed by atoms with E-state index in [1.165, 1.54) is 16.4 Å². The van der Waals surface area contributed by atoms with Gasteiger partial charge in [-0.2, -0.15) is 0 Å². The molecule has 3 N–H and O–H groups in total. The molecule has 26 heavy (non-hydrogen) atoms. The Bertz CT molecular complexity index is 723. The van der Waals surface area contributed by atoms with E-state index in [1.54, 1.807) is 0 Å². The Morgan fingerprint density at radius 2 is 1.92 bits per heavy atom. The SMILES string of the molecule is CCCC(NC(=O)C(C)Sc1nnc(C(C)(C)C)n1N)c1ccccc1. The van der Waals surface area contributed by atoms with Crippen LogP contribution in [0.1, 0.15) is 64.9 Å². The van der Waals surface area contributed by atoms with Crippen LogP contribution in [0.5, 0.6) is 0 Å². The van der Waals surface area contributed by atoms with Gasteiger partial charge in [-0.3, -0.25) is 4.79 Å². The summed E-state index contributed by atoms with van der Waals surface area (Å²) in [6.45, 7) is 10.1. The Kier molecular flexibility index (Phi) is 6.69. The van der Waals surface area contributed by atoms with Crippen molar-refractivity contribution in [3.05, 3.63) is 41.7 Å². The van der Waals surface area contributed by atoms with Gasteiger partial charge in [-0.1, -0.05) is 76.2 Å². The molecule has 1 amide bonds. The van der Waals surface area contributed by atoms with Crippen molar-refractivity contribution < 1.29 is 4.79 Å². The Morgan fingerprint density at radius 1 is 1.27 bits per heavy atom. The van der Waals surface area contributed by atoms with Gasteiger partial charge in [0.1, 0.15) is 0 Å². The number of hydrogen-bond donors (Lipinski definition) is 2.